The van der Waals surface area contributed by atoms with Gasteiger partial charge in [-0.2, -0.15) is 0 Å². The number of halogens is 2. The molecule has 0 N–H and O–H groups in total. The summed E-state index contributed by atoms with van der Waals surface area (Å²) < 4.78 is -0.193. The van der Waals surface area contributed by atoms with Gasteiger partial charge in [-0.1, -0.05) is 0 Å². The second-order valence-electron chi connectivity index (χ2n) is 8.85. The van der Waals surface area contributed by atoms with Gasteiger partial charge in [0.1, 0.15) is 0 Å². The Morgan fingerprint density at radius 2 is 1.83 bits per heavy atom. The van der Waals surface area contributed by atoms with Crippen molar-refractivity contribution in [3.05, 3.63) is 95.1 Å². The fourth-order valence-electron chi connectivity index (χ4n) is 5.97. The van der Waals surface area contributed by atoms with Crippen LogP contribution in [0.15, 0.2) is 89.6 Å². The molecule has 3 unspecified atom stereocenters. The molecule has 0 bridgehead atoms. The number of hydrogen-bond acceptors (Lipinski definition) is 0. The Hall–Kier alpha value is -0.543. The molecule has 0 radical (unpaired) electrons. The van der Waals surface area contributed by atoms with Crippen LogP contribution in [0.25, 0.3) is 0 Å². The molecule has 0 saturated carbocycles. The average molecular weight is 619 g/mol. The van der Waals surface area contributed by atoms with Gasteiger partial charge in [0.25, 0.3) is 0 Å². The van der Waals surface area contributed by atoms with E-state index in [-0.39, 0.29) is 14.5 Å². The van der Waals surface area contributed by atoms with E-state index in [9.17, 15) is 0 Å². The van der Waals surface area contributed by atoms with Gasteiger partial charge in [-0.25, -0.2) is 0 Å². The first-order valence-electron chi connectivity index (χ1n) is 10.8. The van der Waals surface area contributed by atoms with Gasteiger partial charge in [0.2, 0.25) is 0 Å². The molecule has 0 aliphatic heterocycles. The van der Waals surface area contributed by atoms with E-state index in [1.807, 2.05) is 0 Å². The predicted molar refractivity (Wildman–Crippen MR) is 132 cm³/mol. The topological polar surface area (TPSA) is 0 Å². The molecule has 3 atom stereocenters. The van der Waals surface area contributed by atoms with Gasteiger partial charge in [0, 0.05) is 0 Å². The van der Waals surface area contributed by atoms with Gasteiger partial charge in [0.15, 0.2) is 0 Å². The number of benzene rings is 1. The van der Waals surface area contributed by atoms with Crippen LogP contribution in [-0.2, 0) is 19.1 Å². The fraction of sp³-hybridized carbons (Fsp3) is 0.346. The van der Waals surface area contributed by atoms with Crippen LogP contribution in [0.1, 0.15) is 38.2 Å². The summed E-state index contributed by atoms with van der Waals surface area (Å²) in [6, 6.07) is 10.9. The normalized spacial score (nSPS) is 29.9. The Bertz CT molecular complexity index is 1020. The summed E-state index contributed by atoms with van der Waals surface area (Å²) in [4.78, 5) is 0. The van der Waals surface area contributed by atoms with Crippen molar-refractivity contribution >= 4 is 30.7 Å². The van der Waals surface area contributed by atoms with Crippen LogP contribution in [0.5, 0.6) is 0 Å². The first kappa shape index (κ1) is 22.6. The van der Waals surface area contributed by atoms with Gasteiger partial charge in [-0.3, -0.25) is 0 Å². The van der Waals surface area contributed by atoms with Crippen LogP contribution < -0.4 is 0 Å². The monoisotopic (exact) mass is 619 g/mol. The Balaban J connectivity index is 2.11. The molecule has 0 nitrogen and oxygen atoms in total. The SMILES string of the molecule is CCC1(C)C(=[Si](C)C)C2=C(C=CC=CC2c2ccccc2)[C]1(C1=CC=CC1)[Hf]([Cl])[Cl]. The van der Waals surface area contributed by atoms with E-state index in [1.165, 1.54) is 22.3 Å². The van der Waals surface area contributed by atoms with Crippen molar-refractivity contribution in [1.29, 1.82) is 0 Å². The van der Waals surface area contributed by atoms with Crippen molar-refractivity contribution < 1.29 is 19.1 Å². The van der Waals surface area contributed by atoms with Gasteiger partial charge in [-0.05, 0) is 0 Å². The summed E-state index contributed by atoms with van der Waals surface area (Å²) in [5.41, 5.74) is 5.74. The Morgan fingerprint density at radius 3 is 2.40 bits per heavy atom. The second-order valence-corrected chi connectivity index (χ2v) is 23.7. The van der Waals surface area contributed by atoms with E-state index in [2.05, 4.69) is 99.8 Å². The standard InChI is InChI=1S/C26H29Si.2ClH.Hf/c1-5-26(2)24(20-15-9-10-16-20)22-18-12-11-17-21(19-13-7-6-8-14-19)23(22)25(26)27(3)4;;;/h6-15,17-18,21H,5,16H2,1-4H3;2*1H;/q;;;+2/p-2. The Morgan fingerprint density at radius 1 is 1.10 bits per heavy atom. The molecule has 4 heteroatoms. The molecule has 0 fully saturated rings. The van der Waals surface area contributed by atoms with E-state index >= 15 is 0 Å². The quantitative estimate of drug-likeness (QED) is 0.299. The minimum absolute atomic E-state index is 0.0125. The maximum absolute atomic E-state index is 7.24. The summed E-state index contributed by atoms with van der Waals surface area (Å²) >= 11 is -3.06. The van der Waals surface area contributed by atoms with Crippen molar-refractivity contribution in [2.24, 2.45) is 5.41 Å². The van der Waals surface area contributed by atoms with Crippen LogP contribution in [0.4, 0.5) is 0 Å². The summed E-state index contributed by atoms with van der Waals surface area (Å²) in [5.74, 6) is 0.257. The Kier molecular flexibility index (Phi) is 6.62. The van der Waals surface area contributed by atoms with Crippen LogP contribution in [0.3, 0.4) is 0 Å². The van der Waals surface area contributed by atoms with E-state index in [0.29, 0.717) is 0 Å². The van der Waals surface area contributed by atoms with Gasteiger partial charge >= 0.3 is 199 Å². The number of rotatable bonds is 4. The predicted octanol–water partition coefficient (Wildman–Crippen LogP) is 8.10. The van der Waals surface area contributed by atoms with Crippen molar-refractivity contribution in [2.75, 3.05) is 0 Å². The summed E-state index contributed by atoms with van der Waals surface area (Å²) in [6.07, 6.45) is 18.0. The molecule has 1 aromatic rings. The van der Waals surface area contributed by atoms with E-state index in [4.69, 9.17) is 17.2 Å². The molecule has 3 aliphatic carbocycles. The summed E-state index contributed by atoms with van der Waals surface area (Å²) in [6.45, 7) is 9.71. The molecule has 1 aromatic carbocycles. The Labute approximate surface area is 198 Å². The van der Waals surface area contributed by atoms with Gasteiger partial charge in [-0.15, -0.1) is 0 Å². The summed E-state index contributed by atoms with van der Waals surface area (Å²) in [7, 11) is 13.8. The van der Waals surface area contributed by atoms with Crippen LogP contribution in [0, 0.1) is 5.41 Å². The van der Waals surface area contributed by atoms with Crippen LogP contribution >= 0.6 is 17.2 Å². The van der Waals surface area contributed by atoms with E-state index in [1.54, 1.807) is 5.17 Å². The molecule has 0 heterocycles. The first-order chi connectivity index (χ1) is 14.4. The molecular weight excluding hydrogens is 590 g/mol. The summed E-state index contributed by atoms with van der Waals surface area (Å²) in [5, 5.41) is 1.66. The molecule has 0 aromatic heterocycles. The zero-order chi connectivity index (χ0) is 21.5. The van der Waals surface area contributed by atoms with E-state index in [0.717, 1.165) is 12.8 Å². The van der Waals surface area contributed by atoms with Crippen molar-refractivity contribution in [3.8, 4) is 0 Å². The number of hydrogen-bond donors (Lipinski definition) is 0. The van der Waals surface area contributed by atoms with Crippen LogP contribution in [0.2, 0.25) is 16.3 Å². The molecule has 0 spiro atoms. The first-order valence-corrected chi connectivity index (χ1v) is 24.0. The molecule has 155 valence electrons. The van der Waals surface area contributed by atoms with Crippen molar-refractivity contribution in [2.45, 2.75) is 48.9 Å². The van der Waals surface area contributed by atoms with Gasteiger partial charge < -0.3 is 0 Å². The molecule has 0 saturated heterocycles. The molecular formula is C26H29Cl2HfSi. The second kappa shape index (κ2) is 8.77. The van der Waals surface area contributed by atoms with E-state index < -0.39 is 27.5 Å². The maximum atomic E-state index is 7.24. The third-order valence-electron chi connectivity index (χ3n) is 7.23. The van der Waals surface area contributed by atoms with Crippen molar-refractivity contribution in [1.82, 2.24) is 0 Å². The molecule has 30 heavy (non-hydrogen) atoms. The molecule has 0 amide bonds. The van der Waals surface area contributed by atoms with Crippen LogP contribution in [-0.4, -0.2) is 13.6 Å². The fourth-order valence-corrected chi connectivity index (χ4v) is 21.4. The zero-order valence-corrected chi connectivity index (χ0v) is 24.3. The average Bonchev–Trinajstić information content (AvgIpc) is 3.26. The van der Waals surface area contributed by atoms with Gasteiger partial charge in [0.05, 0.1) is 0 Å². The zero-order valence-electron chi connectivity index (χ0n) is 18.2. The van der Waals surface area contributed by atoms with Crippen molar-refractivity contribution in [3.63, 3.8) is 0 Å². The third-order valence-corrected chi connectivity index (χ3v) is 19.8. The number of allylic oxidation sites excluding steroid dienone is 10. The molecule has 3 aliphatic rings. The molecule has 4 rings (SSSR count). The minimum atomic E-state index is -3.06. The third kappa shape index (κ3) is 3.20.